The smallest absolute Gasteiger partial charge is 0.0926 e. The van der Waals surface area contributed by atoms with E-state index in [1.165, 1.54) is 17.6 Å². The monoisotopic (exact) mass is 157 g/mol. The molecule has 1 heterocycles. The number of hydrogen-bond donors (Lipinski definition) is 0. The van der Waals surface area contributed by atoms with E-state index in [-0.39, 0.29) is 5.54 Å². The summed E-state index contributed by atoms with van der Waals surface area (Å²) in [5.74, 6) is 0.693. The van der Waals surface area contributed by atoms with Gasteiger partial charge >= 0.3 is 0 Å². The molecule has 12 heavy (non-hydrogen) atoms. The molecule has 60 valence electrons. The van der Waals surface area contributed by atoms with Gasteiger partial charge in [0.1, 0.15) is 0 Å². The topological polar surface area (TPSA) is 12.4 Å². The van der Waals surface area contributed by atoms with Gasteiger partial charge in [0.25, 0.3) is 0 Å². The van der Waals surface area contributed by atoms with Gasteiger partial charge in [0.15, 0.2) is 0 Å². The van der Waals surface area contributed by atoms with Crippen LogP contribution in [0.5, 0.6) is 0 Å². The molecule has 1 fully saturated rings. The summed E-state index contributed by atoms with van der Waals surface area (Å²) in [6.45, 7) is 2.10. The van der Waals surface area contributed by atoms with Crippen LogP contribution in [-0.2, 0) is 0 Å². The first-order valence-electron chi connectivity index (χ1n) is 4.44. The number of nitrogens with zero attached hydrogens (tertiary/aromatic N) is 1. The summed E-state index contributed by atoms with van der Waals surface area (Å²) in [5.41, 5.74) is 2.87. The lowest BCUT2D eigenvalue weighted by Crippen LogP contribution is -2.16. The minimum atomic E-state index is 0.189. The van der Waals surface area contributed by atoms with E-state index >= 15 is 0 Å². The Balaban J connectivity index is 2.15. The Hall–Kier alpha value is -1.11. The molecule has 3 rings (SSSR count). The Morgan fingerprint density at radius 1 is 1.58 bits per heavy atom. The molecule has 3 aliphatic rings. The molecule has 0 bridgehead atoms. The molecule has 1 heteroatoms. The molecule has 1 spiro atoms. The fourth-order valence-electron chi connectivity index (χ4n) is 2.17. The molecule has 0 aromatic carbocycles. The third kappa shape index (κ3) is 0.619. The average Bonchev–Trinajstić information content (AvgIpc) is 2.77. The third-order valence-corrected chi connectivity index (χ3v) is 2.99. The summed E-state index contributed by atoms with van der Waals surface area (Å²) < 4.78 is 0. The van der Waals surface area contributed by atoms with Crippen molar-refractivity contribution in [3.63, 3.8) is 0 Å². The highest BCUT2D eigenvalue weighted by Crippen LogP contribution is 2.56. The molecular formula is C11H11N. The fraction of sp³-hybridized carbons (Fsp3) is 0.364. The van der Waals surface area contributed by atoms with E-state index in [4.69, 9.17) is 0 Å². The summed E-state index contributed by atoms with van der Waals surface area (Å²) >= 11 is 0. The maximum atomic E-state index is 4.63. The minimum Gasteiger partial charge on any atom is -0.281 e. The molecule has 0 radical (unpaired) electrons. The molecule has 0 N–H and O–H groups in total. The van der Waals surface area contributed by atoms with E-state index in [2.05, 4.69) is 36.2 Å². The summed E-state index contributed by atoms with van der Waals surface area (Å²) in [6, 6.07) is 0. The predicted octanol–water partition coefficient (Wildman–Crippen LogP) is 2.27. The molecule has 1 nitrogen and oxygen atoms in total. The SMILES string of the molecule is CC1=CC2=CC=CC3CC23N=C1. The van der Waals surface area contributed by atoms with Crippen molar-refractivity contribution in [2.24, 2.45) is 10.9 Å². The average molecular weight is 157 g/mol. The van der Waals surface area contributed by atoms with Crippen LogP contribution in [0, 0.1) is 5.92 Å². The lowest BCUT2D eigenvalue weighted by atomic mass is 9.94. The third-order valence-electron chi connectivity index (χ3n) is 2.99. The van der Waals surface area contributed by atoms with Crippen molar-refractivity contribution in [1.29, 1.82) is 0 Å². The number of aliphatic imine (C=N–C) groups is 1. The van der Waals surface area contributed by atoms with Crippen molar-refractivity contribution < 1.29 is 0 Å². The molecule has 0 aromatic heterocycles. The number of dihydropyridines is 1. The van der Waals surface area contributed by atoms with Gasteiger partial charge in [-0.3, -0.25) is 4.99 Å². The van der Waals surface area contributed by atoms with Crippen molar-refractivity contribution in [2.75, 3.05) is 0 Å². The van der Waals surface area contributed by atoms with Gasteiger partial charge in [-0.05, 0) is 24.5 Å². The summed E-state index contributed by atoms with van der Waals surface area (Å²) in [7, 11) is 0. The first-order valence-corrected chi connectivity index (χ1v) is 4.44. The van der Waals surface area contributed by atoms with Gasteiger partial charge < -0.3 is 0 Å². The zero-order valence-corrected chi connectivity index (χ0v) is 7.12. The van der Waals surface area contributed by atoms with Gasteiger partial charge in [0, 0.05) is 12.1 Å². The fourth-order valence-corrected chi connectivity index (χ4v) is 2.17. The highest BCUT2D eigenvalue weighted by molar-refractivity contribution is 5.83. The number of hydrogen-bond acceptors (Lipinski definition) is 1. The van der Waals surface area contributed by atoms with Crippen molar-refractivity contribution in [3.8, 4) is 0 Å². The maximum absolute atomic E-state index is 4.63. The molecule has 1 aliphatic heterocycles. The molecule has 0 saturated heterocycles. The van der Waals surface area contributed by atoms with Crippen LogP contribution in [0.1, 0.15) is 13.3 Å². The first kappa shape index (κ1) is 6.41. The van der Waals surface area contributed by atoms with Crippen LogP contribution in [-0.4, -0.2) is 11.8 Å². The van der Waals surface area contributed by atoms with Crippen LogP contribution in [0.25, 0.3) is 0 Å². The van der Waals surface area contributed by atoms with Crippen LogP contribution in [0.2, 0.25) is 0 Å². The lowest BCUT2D eigenvalue weighted by Gasteiger charge is -2.19. The highest BCUT2D eigenvalue weighted by Gasteiger charge is 2.56. The van der Waals surface area contributed by atoms with Gasteiger partial charge in [0.05, 0.1) is 5.54 Å². The van der Waals surface area contributed by atoms with Gasteiger partial charge in [-0.1, -0.05) is 24.3 Å². The maximum Gasteiger partial charge on any atom is 0.0926 e. The first-order chi connectivity index (χ1) is 5.81. The normalized spacial score (nSPS) is 41.2. The van der Waals surface area contributed by atoms with E-state index in [0.29, 0.717) is 5.92 Å². The van der Waals surface area contributed by atoms with Crippen molar-refractivity contribution in [3.05, 3.63) is 35.5 Å². The second-order valence-electron chi connectivity index (χ2n) is 3.89. The molecule has 2 atom stereocenters. The van der Waals surface area contributed by atoms with Crippen LogP contribution < -0.4 is 0 Å². The van der Waals surface area contributed by atoms with Gasteiger partial charge in [-0.25, -0.2) is 0 Å². The van der Waals surface area contributed by atoms with E-state index < -0.39 is 0 Å². The molecule has 0 aromatic rings. The second-order valence-corrected chi connectivity index (χ2v) is 3.89. The summed E-state index contributed by atoms with van der Waals surface area (Å²) in [5, 5.41) is 0. The number of rotatable bonds is 0. The molecule has 2 unspecified atom stereocenters. The lowest BCUT2D eigenvalue weighted by molar-refractivity contribution is 0.756. The van der Waals surface area contributed by atoms with E-state index in [1.807, 2.05) is 6.21 Å². The van der Waals surface area contributed by atoms with Crippen molar-refractivity contribution in [2.45, 2.75) is 18.9 Å². The van der Waals surface area contributed by atoms with Crippen molar-refractivity contribution >= 4 is 6.21 Å². The Bertz CT molecular complexity index is 357. The molecule has 0 amide bonds. The van der Waals surface area contributed by atoms with Crippen molar-refractivity contribution in [1.82, 2.24) is 0 Å². The Kier molecular flexibility index (Phi) is 0.957. The van der Waals surface area contributed by atoms with Crippen LogP contribution in [0.4, 0.5) is 0 Å². The zero-order valence-electron chi connectivity index (χ0n) is 7.12. The Morgan fingerprint density at radius 3 is 3.42 bits per heavy atom. The van der Waals surface area contributed by atoms with Crippen LogP contribution in [0.3, 0.4) is 0 Å². The standard InChI is InChI=1S/C11H11N/c1-8-5-9-3-2-4-10-6-11(9,10)12-7-8/h2-5,7,10H,6H2,1H3. The summed E-state index contributed by atoms with van der Waals surface area (Å²) in [4.78, 5) is 4.63. The quantitative estimate of drug-likeness (QED) is 0.511. The van der Waals surface area contributed by atoms with Crippen LogP contribution >= 0.6 is 0 Å². The van der Waals surface area contributed by atoms with E-state index in [9.17, 15) is 0 Å². The van der Waals surface area contributed by atoms with Crippen LogP contribution in [0.15, 0.2) is 40.4 Å². The molecular weight excluding hydrogens is 146 g/mol. The largest absolute Gasteiger partial charge is 0.281 e. The Labute approximate surface area is 72.2 Å². The predicted molar refractivity (Wildman–Crippen MR) is 50.3 cm³/mol. The Morgan fingerprint density at radius 2 is 2.50 bits per heavy atom. The van der Waals surface area contributed by atoms with E-state index in [0.717, 1.165) is 0 Å². The molecule has 2 aliphatic carbocycles. The number of allylic oxidation sites excluding steroid dienone is 3. The second kappa shape index (κ2) is 1.79. The zero-order chi connectivity index (χ0) is 8.18. The highest BCUT2D eigenvalue weighted by atomic mass is 15.0. The van der Waals surface area contributed by atoms with Gasteiger partial charge in [-0.2, -0.15) is 0 Å². The molecule has 1 saturated carbocycles. The summed E-state index contributed by atoms with van der Waals surface area (Å²) in [6.07, 6.45) is 12.1. The van der Waals surface area contributed by atoms with Gasteiger partial charge in [-0.15, -0.1) is 0 Å². The van der Waals surface area contributed by atoms with Gasteiger partial charge in [0.2, 0.25) is 0 Å². The van der Waals surface area contributed by atoms with E-state index in [1.54, 1.807) is 0 Å². The minimum absolute atomic E-state index is 0.189.